The van der Waals surface area contributed by atoms with E-state index in [2.05, 4.69) is 44.6 Å². The van der Waals surface area contributed by atoms with Crippen molar-refractivity contribution in [3.05, 3.63) is 44.3 Å². The summed E-state index contributed by atoms with van der Waals surface area (Å²) in [6, 6.07) is 6.07. The topological polar surface area (TPSA) is 34.1 Å². The summed E-state index contributed by atoms with van der Waals surface area (Å²) in [7, 11) is 1.93. The number of hydrogen-bond donors (Lipinski definition) is 1. The lowest BCUT2D eigenvalue weighted by Crippen LogP contribution is -2.08. The maximum absolute atomic E-state index is 5.92. The molecule has 0 bridgehead atoms. The number of aromatic nitrogens is 1. The molecule has 0 aliphatic heterocycles. The molecule has 3 nitrogen and oxygen atoms in total. The highest BCUT2D eigenvalue weighted by molar-refractivity contribution is 9.10. The van der Waals surface area contributed by atoms with Crippen molar-refractivity contribution in [3.63, 3.8) is 0 Å². The highest BCUT2D eigenvalue weighted by atomic mass is 79.9. The Balaban J connectivity index is 2.09. The van der Waals surface area contributed by atoms with Gasteiger partial charge in [0.2, 0.25) is 0 Å². The highest BCUT2D eigenvalue weighted by Gasteiger charge is 2.09. The fourth-order valence-electron chi connectivity index (χ4n) is 1.77. The van der Waals surface area contributed by atoms with E-state index >= 15 is 0 Å². The van der Waals surface area contributed by atoms with Crippen molar-refractivity contribution in [2.75, 3.05) is 7.05 Å². The van der Waals surface area contributed by atoms with Gasteiger partial charge in [0.05, 0.1) is 15.2 Å². The zero-order valence-corrected chi connectivity index (χ0v) is 13.5. The van der Waals surface area contributed by atoms with Gasteiger partial charge in [-0.25, -0.2) is 4.98 Å². The molecule has 0 spiro atoms. The molecule has 0 unspecified atom stereocenters. The Bertz CT molecular complexity index is 542. The van der Waals surface area contributed by atoms with Gasteiger partial charge >= 0.3 is 0 Å². The summed E-state index contributed by atoms with van der Waals surface area (Å²) in [6.07, 6.45) is 0.977. The molecule has 0 fully saturated rings. The fourth-order valence-corrected chi connectivity index (χ4v) is 3.02. The van der Waals surface area contributed by atoms with Crippen LogP contribution in [0.25, 0.3) is 0 Å². The zero-order chi connectivity index (χ0) is 13.7. The second-order valence-electron chi connectivity index (χ2n) is 4.13. The van der Waals surface area contributed by atoms with Gasteiger partial charge in [0.25, 0.3) is 0 Å². The molecule has 0 radical (unpaired) electrons. The van der Waals surface area contributed by atoms with Gasteiger partial charge in [-0.3, -0.25) is 0 Å². The summed E-state index contributed by atoms with van der Waals surface area (Å²) < 4.78 is 6.90. The van der Waals surface area contributed by atoms with E-state index in [9.17, 15) is 0 Å². The normalized spacial score (nSPS) is 10.7. The van der Waals surface area contributed by atoms with Crippen LogP contribution in [0.3, 0.4) is 0 Å². The maximum Gasteiger partial charge on any atom is 0.138 e. The molecule has 2 aromatic rings. The van der Waals surface area contributed by atoms with E-state index in [4.69, 9.17) is 4.74 Å². The van der Waals surface area contributed by atoms with E-state index in [0.717, 1.165) is 39.5 Å². The third kappa shape index (κ3) is 3.78. The first-order valence-corrected chi connectivity index (χ1v) is 7.90. The molecule has 19 heavy (non-hydrogen) atoms. The number of ether oxygens (including phenoxy) is 1. The molecule has 0 atom stereocenters. The average Bonchev–Trinajstić information content (AvgIpc) is 2.86. The summed E-state index contributed by atoms with van der Waals surface area (Å²) in [5, 5.41) is 6.37. The van der Waals surface area contributed by atoms with E-state index in [-0.39, 0.29) is 0 Å². The van der Waals surface area contributed by atoms with Crippen molar-refractivity contribution in [2.45, 2.75) is 26.5 Å². The summed E-state index contributed by atoms with van der Waals surface area (Å²) in [4.78, 5) is 4.51. The minimum atomic E-state index is 0.510. The Kier molecular flexibility index (Phi) is 5.36. The highest BCUT2D eigenvalue weighted by Crippen LogP contribution is 2.29. The van der Waals surface area contributed by atoms with Gasteiger partial charge in [0, 0.05) is 17.5 Å². The third-order valence-electron chi connectivity index (χ3n) is 2.68. The molecule has 0 amide bonds. The Morgan fingerprint density at radius 1 is 1.42 bits per heavy atom. The van der Waals surface area contributed by atoms with Crippen LogP contribution < -0.4 is 10.1 Å². The van der Waals surface area contributed by atoms with Gasteiger partial charge < -0.3 is 10.1 Å². The van der Waals surface area contributed by atoms with Crippen molar-refractivity contribution in [1.82, 2.24) is 10.3 Å². The Labute approximate surface area is 126 Å². The number of nitrogens with zero attached hydrogens (tertiary/aromatic N) is 1. The van der Waals surface area contributed by atoms with Gasteiger partial charge in [0.1, 0.15) is 12.4 Å². The van der Waals surface area contributed by atoms with Crippen LogP contribution in [0.1, 0.15) is 23.2 Å². The number of nitrogens with one attached hydrogen (secondary N) is 1. The van der Waals surface area contributed by atoms with Crippen LogP contribution in [0.2, 0.25) is 0 Å². The number of aryl methyl sites for hydroxylation is 1. The zero-order valence-electron chi connectivity index (χ0n) is 11.1. The molecule has 1 N–H and O–H groups in total. The monoisotopic (exact) mass is 340 g/mol. The molecule has 0 saturated heterocycles. The van der Waals surface area contributed by atoms with Crippen LogP contribution >= 0.6 is 27.3 Å². The standard InChI is InChI=1S/C14H17BrN2OS/c1-3-13-17-11(9-19-13)8-18-14-10(7-16-2)5-4-6-12(14)15/h4-6,9,16H,3,7-8H2,1-2H3. The lowest BCUT2D eigenvalue weighted by atomic mass is 10.2. The van der Waals surface area contributed by atoms with Gasteiger partial charge in [-0.15, -0.1) is 11.3 Å². The molecular formula is C14H17BrN2OS. The smallest absolute Gasteiger partial charge is 0.138 e. The fraction of sp³-hybridized carbons (Fsp3) is 0.357. The molecule has 102 valence electrons. The molecule has 0 saturated carbocycles. The first-order chi connectivity index (χ1) is 9.24. The van der Waals surface area contributed by atoms with Crippen molar-refractivity contribution in [3.8, 4) is 5.75 Å². The summed E-state index contributed by atoms with van der Waals surface area (Å²) in [5.74, 6) is 0.892. The number of halogens is 1. The van der Waals surface area contributed by atoms with E-state index in [0.29, 0.717) is 6.61 Å². The van der Waals surface area contributed by atoms with Gasteiger partial charge in [0.15, 0.2) is 0 Å². The van der Waals surface area contributed by atoms with Crippen LogP contribution in [0.5, 0.6) is 5.75 Å². The SMILES string of the molecule is CCc1nc(COc2c(Br)cccc2CNC)cs1. The number of benzene rings is 1. The van der Waals surface area contributed by atoms with Crippen molar-refractivity contribution in [1.29, 1.82) is 0 Å². The molecule has 2 rings (SSSR count). The second kappa shape index (κ2) is 7.03. The van der Waals surface area contributed by atoms with Crippen LogP contribution in [0, 0.1) is 0 Å². The van der Waals surface area contributed by atoms with Crippen LogP contribution in [-0.2, 0) is 19.6 Å². The molecular weight excluding hydrogens is 324 g/mol. The Hall–Kier alpha value is -0.910. The number of hydrogen-bond acceptors (Lipinski definition) is 4. The van der Waals surface area contributed by atoms with Gasteiger partial charge in [-0.1, -0.05) is 19.1 Å². The molecule has 1 aromatic carbocycles. The lowest BCUT2D eigenvalue weighted by molar-refractivity contribution is 0.296. The summed E-state index contributed by atoms with van der Waals surface area (Å²) >= 11 is 5.23. The maximum atomic E-state index is 5.92. The minimum Gasteiger partial charge on any atom is -0.486 e. The van der Waals surface area contributed by atoms with Crippen LogP contribution in [0.4, 0.5) is 0 Å². The largest absolute Gasteiger partial charge is 0.486 e. The average molecular weight is 341 g/mol. The van der Waals surface area contributed by atoms with Crippen molar-refractivity contribution >= 4 is 27.3 Å². The van der Waals surface area contributed by atoms with Crippen LogP contribution in [-0.4, -0.2) is 12.0 Å². The molecule has 1 heterocycles. The number of thiazole rings is 1. The summed E-state index contributed by atoms with van der Waals surface area (Å²) in [6.45, 7) is 3.41. The molecule has 0 aliphatic rings. The first-order valence-electron chi connectivity index (χ1n) is 6.22. The van der Waals surface area contributed by atoms with Crippen molar-refractivity contribution < 1.29 is 4.74 Å². The first kappa shape index (κ1) is 14.5. The van der Waals surface area contributed by atoms with E-state index in [1.165, 1.54) is 0 Å². The van der Waals surface area contributed by atoms with Gasteiger partial charge in [-0.05, 0) is 35.5 Å². The van der Waals surface area contributed by atoms with E-state index < -0.39 is 0 Å². The summed E-state index contributed by atoms with van der Waals surface area (Å²) in [5.41, 5.74) is 2.14. The second-order valence-corrected chi connectivity index (χ2v) is 5.93. The molecule has 5 heteroatoms. The van der Waals surface area contributed by atoms with Crippen molar-refractivity contribution in [2.24, 2.45) is 0 Å². The van der Waals surface area contributed by atoms with Crippen LogP contribution in [0.15, 0.2) is 28.1 Å². The minimum absolute atomic E-state index is 0.510. The number of rotatable bonds is 6. The Morgan fingerprint density at radius 2 is 2.26 bits per heavy atom. The van der Waals surface area contributed by atoms with Gasteiger partial charge in [-0.2, -0.15) is 0 Å². The third-order valence-corrected chi connectivity index (χ3v) is 4.35. The van der Waals surface area contributed by atoms with E-state index in [1.54, 1.807) is 11.3 Å². The quantitative estimate of drug-likeness (QED) is 0.869. The Morgan fingerprint density at radius 3 is 2.95 bits per heavy atom. The predicted octanol–water partition coefficient (Wildman–Crippen LogP) is 3.77. The number of para-hydroxylation sites is 1. The lowest BCUT2D eigenvalue weighted by Gasteiger charge is -2.12. The molecule has 1 aromatic heterocycles. The predicted molar refractivity (Wildman–Crippen MR) is 82.7 cm³/mol. The molecule has 0 aliphatic carbocycles. The van der Waals surface area contributed by atoms with E-state index in [1.807, 2.05) is 19.2 Å².